The van der Waals surface area contributed by atoms with Gasteiger partial charge in [-0.3, -0.25) is 10.2 Å². The Kier molecular flexibility index (Phi) is 2.04. The molecule has 0 aliphatic heterocycles. The summed E-state index contributed by atoms with van der Waals surface area (Å²) < 4.78 is 0. The second-order valence-corrected chi connectivity index (χ2v) is 3.55. The van der Waals surface area contributed by atoms with E-state index >= 15 is 0 Å². The monoisotopic (exact) mass is 210 g/mol. The largest absolute Gasteiger partial charge is 0.285 e. The molecule has 0 aliphatic carbocycles. The fourth-order valence-corrected chi connectivity index (χ4v) is 1.67. The molecule has 3 aromatic rings. The maximum Gasteiger partial charge on any atom is 0.0565 e. The van der Waals surface area contributed by atoms with E-state index in [1.807, 2.05) is 24.8 Å². The molecule has 0 spiro atoms. The van der Waals surface area contributed by atoms with E-state index in [0.717, 1.165) is 22.3 Å². The SMILES string of the molecule is c1cc(-c2cn[nH]c2)ccc1-c1cn[nH]c1. The van der Waals surface area contributed by atoms with E-state index in [4.69, 9.17) is 0 Å². The molecule has 0 amide bonds. The molecule has 0 aliphatic rings. The first-order valence-electron chi connectivity index (χ1n) is 5.02. The molecule has 2 heterocycles. The standard InChI is InChI=1S/C12H10N4/c1-2-10(12-7-15-16-8-12)4-3-9(1)11-5-13-14-6-11/h1-8H,(H,13,14)(H,15,16). The second kappa shape index (κ2) is 3.66. The molecule has 0 saturated carbocycles. The molecule has 0 fully saturated rings. The van der Waals surface area contributed by atoms with Crippen LogP contribution in [0.2, 0.25) is 0 Å². The number of hydrogen-bond donors (Lipinski definition) is 2. The average Bonchev–Trinajstić information content (AvgIpc) is 3.03. The summed E-state index contributed by atoms with van der Waals surface area (Å²) in [6.07, 6.45) is 7.39. The Hall–Kier alpha value is -2.36. The summed E-state index contributed by atoms with van der Waals surface area (Å²) in [4.78, 5) is 0. The highest BCUT2D eigenvalue weighted by Crippen LogP contribution is 2.23. The van der Waals surface area contributed by atoms with Crippen LogP contribution in [0.15, 0.2) is 49.1 Å². The highest BCUT2D eigenvalue weighted by Gasteiger charge is 2.01. The number of nitrogens with one attached hydrogen (secondary N) is 2. The van der Waals surface area contributed by atoms with Crippen molar-refractivity contribution in [2.24, 2.45) is 0 Å². The van der Waals surface area contributed by atoms with Crippen LogP contribution in [-0.2, 0) is 0 Å². The smallest absolute Gasteiger partial charge is 0.0565 e. The van der Waals surface area contributed by atoms with E-state index in [0.29, 0.717) is 0 Å². The van der Waals surface area contributed by atoms with Crippen molar-refractivity contribution in [3.8, 4) is 22.3 Å². The lowest BCUT2D eigenvalue weighted by Gasteiger charge is -1.99. The van der Waals surface area contributed by atoms with Crippen molar-refractivity contribution in [1.82, 2.24) is 20.4 Å². The van der Waals surface area contributed by atoms with E-state index < -0.39 is 0 Å². The van der Waals surface area contributed by atoms with Gasteiger partial charge in [0.05, 0.1) is 12.4 Å². The Labute approximate surface area is 92.3 Å². The first kappa shape index (κ1) is 8.91. The third-order valence-corrected chi connectivity index (χ3v) is 2.55. The van der Waals surface area contributed by atoms with E-state index in [9.17, 15) is 0 Å². The predicted molar refractivity (Wildman–Crippen MR) is 61.6 cm³/mol. The minimum absolute atomic E-state index is 1.10. The molecule has 78 valence electrons. The first-order chi connectivity index (χ1) is 7.93. The fraction of sp³-hybridized carbons (Fsp3) is 0. The van der Waals surface area contributed by atoms with Crippen molar-refractivity contribution in [3.05, 3.63) is 49.1 Å². The molecular formula is C12H10N4. The van der Waals surface area contributed by atoms with Gasteiger partial charge in [0.15, 0.2) is 0 Å². The van der Waals surface area contributed by atoms with Crippen LogP contribution in [0.1, 0.15) is 0 Å². The van der Waals surface area contributed by atoms with Gasteiger partial charge in [-0.2, -0.15) is 10.2 Å². The molecule has 1 aromatic carbocycles. The van der Waals surface area contributed by atoms with Gasteiger partial charge in [-0.25, -0.2) is 0 Å². The van der Waals surface area contributed by atoms with E-state index in [2.05, 4.69) is 44.7 Å². The van der Waals surface area contributed by atoms with Gasteiger partial charge in [-0.1, -0.05) is 24.3 Å². The van der Waals surface area contributed by atoms with Crippen LogP contribution >= 0.6 is 0 Å². The predicted octanol–water partition coefficient (Wildman–Crippen LogP) is 2.47. The Morgan fingerprint density at radius 3 is 1.38 bits per heavy atom. The maximum absolute atomic E-state index is 3.93. The molecule has 4 heteroatoms. The third-order valence-electron chi connectivity index (χ3n) is 2.55. The van der Waals surface area contributed by atoms with E-state index in [1.54, 1.807) is 0 Å². The van der Waals surface area contributed by atoms with E-state index in [1.165, 1.54) is 0 Å². The molecule has 16 heavy (non-hydrogen) atoms. The number of nitrogens with zero attached hydrogens (tertiary/aromatic N) is 2. The van der Waals surface area contributed by atoms with Crippen molar-refractivity contribution in [1.29, 1.82) is 0 Å². The Morgan fingerprint density at radius 1 is 0.625 bits per heavy atom. The van der Waals surface area contributed by atoms with Gasteiger partial charge in [0.2, 0.25) is 0 Å². The van der Waals surface area contributed by atoms with Crippen molar-refractivity contribution in [2.45, 2.75) is 0 Å². The Balaban J connectivity index is 1.97. The number of rotatable bonds is 2. The van der Waals surface area contributed by atoms with Crippen molar-refractivity contribution >= 4 is 0 Å². The zero-order chi connectivity index (χ0) is 10.8. The number of benzene rings is 1. The molecule has 4 nitrogen and oxygen atoms in total. The van der Waals surface area contributed by atoms with Gasteiger partial charge >= 0.3 is 0 Å². The van der Waals surface area contributed by atoms with Gasteiger partial charge in [0, 0.05) is 23.5 Å². The summed E-state index contributed by atoms with van der Waals surface area (Å²) in [6, 6.07) is 8.31. The molecule has 3 rings (SSSR count). The lowest BCUT2D eigenvalue weighted by Crippen LogP contribution is -1.76. The van der Waals surface area contributed by atoms with Gasteiger partial charge in [0.1, 0.15) is 0 Å². The highest BCUT2D eigenvalue weighted by molar-refractivity contribution is 5.68. The molecule has 2 aromatic heterocycles. The first-order valence-corrected chi connectivity index (χ1v) is 5.02. The third kappa shape index (κ3) is 1.50. The molecular weight excluding hydrogens is 200 g/mol. The molecule has 0 bridgehead atoms. The van der Waals surface area contributed by atoms with Gasteiger partial charge < -0.3 is 0 Å². The maximum atomic E-state index is 3.93. The summed E-state index contributed by atoms with van der Waals surface area (Å²) in [5, 5.41) is 13.5. The summed E-state index contributed by atoms with van der Waals surface area (Å²) >= 11 is 0. The van der Waals surface area contributed by atoms with Crippen LogP contribution in [0.25, 0.3) is 22.3 Å². The summed E-state index contributed by atoms with van der Waals surface area (Å²) in [7, 11) is 0. The molecule has 0 saturated heterocycles. The summed E-state index contributed by atoms with van der Waals surface area (Å²) in [5.41, 5.74) is 4.50. The summed E-state index contributed by atoms with van der Waals surface area (Å²) in [6.45, 7) is 0. The van der Waals surface area contributed by atoms with Crippen LogP contribution in [0.5, 0.6) is 0 Å². The van der Waals surface area contributed by atoms with Crippen molar-refractivity contribution in [3.63, 3.8) is 0 Å². The number of hydrogen-bond acceptors (Lipinski definition) is 2. The zero-order valence-electron chi connectivity index (χ0n) is 8.51. The Morgan fingerprint density at radius 2 is 1.06 bits per heavy atom. The van der Waals surface area contributed by atoms with Crippen LogP contribution < -0.4 is 0 Å². The number of aromatic amines is 2. The summed E-state index contributed by atoms with van der Waals surface area (Å²) in [5.74, 6) is 0. The van der Waals surface area contributed by atoms with Crippen LogP contribution in [0, 0.1) is 0 Å². The van der Waals surface area contributed by atoms with Gasteiger partial charge in [0.25, 0.3) is 0 Å². The minimum Gasteiger partial charge on any atom is -0.285 e. The zero-order valence-corrected chi connectivity index (χ0v) is 8.51. The second-order valence-electron chi connectivity index (χ2n) is 3.55. The fourth-order valence-electron chi connectivity index (χ4n) is 1.67. The Bertz CT molecular complexity index is 496. The highest BCUT2D eigenvalue weighted by atomic mass is 15.1. The molecule has 0 atom stereocenters. The topological polar surface area (TPSA) is 57.4 Å². The molecule has 2 N–H and O–H groups in total. The number of H-pyrrole nitrogens is 2. The molecule has 0 radical (unpaired) electrons. The van der Waals surface area contributed by atoms with Crippen molar-refractivity contribution in [2.75, 3.05) is 0 Å². The van der Waals surface area contributed by atoms with Gasteiger partial charge in [-0.15, -0.1) is 0 Å². The van der Waals surface area contributed by atoms with Crippen LogP contribution in [0.4, 0.5) is 0 Å². The minimum atomic E-state index is 1.10. The molecule has 0 unspecified atom stereocenters. The normalized spacial score (nSPS) is 10.5. The number of aromatic nitrogens is 4. The average molecular weight is 210 g/mol. The lowest BCUT2D eigenvalue weighted by atomic mass is 10.0. The van der Waals surface area contributed by atoms with Gasteiger partial charge in [-0.05, 0) is 11.1 Å². The quantitative estimate of drug-likeness (QED) is 0.682. The van der Waals surface area contributed by atoms with Crippen LogP contribution in [0.3, 0.4) is 0 Å². The van der Waals surface area contributed by atoms with Crippen molar-refractivity contribution < 1.29 is 0 Å². The lowest BCUT2D eigenvalue weighted by molar-refractivity contribution is 1.09. The van der Waals surface area contributed by atoms with Crippen LogP contribution in [-0.4, -0.2) is 20.4 Å². The van der Waals surface area contributed by atoms with E-state index in [-0.39, 0.29) is 0 Å².